The molecular weight excluding hydrogens is 478 g/mol. The molecule has 1 saturated heterocycles. The molecule has 3 aromatic rings. The first-order valence-electron chi connectivity index (χ1n) is 10.1. The minimum Gasteiger partial charge on any atom is -0.497 e. The zero-order valence-corrected chi connectivity index (χ0v) is 20.0. The molecule has 1 aliphatic heterocycles. The topological polar surface area (TPSA) is 123 Å². The van der Waals surface area contributed by atoms with Crippen molar-refractivity contribution < 1.29 is 19.1 Å². The summed E-state index contributed by atoms with van der Waals surface area (Å²) in [5.41, 5.74) is 1.81. The van der Waals surface area contributed by atoms with Crippen LogP contribution in [-0.2, 0) is 21.7 Å². The summed E-state index contributed by atoms with van der Waals surface area (Å²) in [6.07, 6.45) is 1.57. The number of fused-ring (bicyclic) bond motifs is 1. The fourth-order valence-corrected chi connectivity index (χ4v) is 5.06. The van der Waals surface area contributed by atoms with Crippen molar-refractivity contribution in [1.82, 2.24) is 25.3 Å². The van der Waals surface area contributed by atoms with Crippen molar-refractivity contribution in [2.45, 2.75) is 24.2 Å². The van der Waals surface area contributed by atoms with Gasteiger partial charge in [-0.3, -0.25) is 24.4 Å². The fourth-order valence-electron chi connectivity index (χ4n) is 3.48. The quantitative estimate of drug-likeness (QED) is 0.211. The van der Waals surface area contributed by atoms with Gasteiger partial charge in [0, 0.05) is 6.54 Å². The van der Waals surface area contributed by atoms with E-state index in [-0.39, 0.29) is 17.9 Å². The number of allylic oxidation sites excluding steroid dienone is 1. The third-order valence-corrected chi connectivity index (χ3v) is 7.12. The Hall–Kier alpha value is -3.64. The Morgan fingerprint density at radius 2 is 2.15 bits per heavy atom. The second-order valence-electron chi connectivity index (χ2n) is 7.49. The number of nitrogens with zero attached hydrogens (tertiary/aromatic N) is 3. The number of rotatable bonds is 8. The Morgan fingerprint density at radius 3 is 2.88 bits per heavy atom. The Morgan fingerprint density at radius 1 is 1.35 bits per heavy atom. The number of imide groups is 1. The molecule has 0 unspecified atom stereocenters. The van der Waals surface area contributed by atoms with Gasteiger partial charge in [0.1, 0.15) is 16.0 Å². The Kier molecular flexibility index (Phi) is 6.44. The van der Waals surface area contributed by atoms with Crippen LogP contribution in [0.3, 0.4) is 0 Å². The summed E-state index contributed by atoms with van der Waals surface area (Å²) in [5.74, 6) is -0.884. The standard InChI is InChI=1S/C22H21N5O5S2/c1-4-9-26-18(29)17-15(8-10-33-17)23-21(26)34-12-16(28)25-27-19(30)22(2,24-20(27)31)13-6-5-7-14(11-13)32-3/h4-8,10-11H,1,9,12H2,2-3H3,(H,24,31)(H,25,28)/t22-/m1/s1. The van der Waals surface area contributed by atoms with Crippen LogP contribution in [0, 0.1) is 0 Å². The fraction of sp³-hybridized carbons (Fsp3) is 0.227. The molecule has 2 N–H and O–H groups in total. The molecule has 0 aliphatic carbocycles. The van der Waals surface area contributed by atoms with Crippen LogP contribution in [0.5, 0.6) is 5.75 Å². The predicted octanol–water partition coefficient (Wildman–Crippen LogP) is 2.24. The average Bonchev–Trinajstić information content (AvgIpc) is 3.39. The molecule has 0 bridgehead atoms. The van der Waals surface area contributed by atoms with E-state index in [1.165, 1.54) is 23.0 Å². The third-order valence-electron chi connectivity index (χ3n) is 5.25. The van der Waals surface area contributed by atoms with Gasteiger partial charge in [0.05, 0.1) is 18.4 Å². The lowest BCUT2D eigenvalue weighted by Crippen LogP contribution is -2.48. The van der Waals surface area contributed by atoms with E-state index in [2.05, 4.69) is 22.3 Å². The highest BCUT2D eigenvalue weighted by Gasteiger charge is 2.50. The summed E-state index contributed by atoms with van der Waals surface area (Å²) in [6, 6.07) is 7.73. The number of aromatic nitrogens is 2. The maximum Gasteiger partial charge on any atom is 0.344 e. The van der Waals surface area contributed by atoms with E-state index in [1.807, 2.05) is 0 Å². The number of hydrazine groups is 1. The second kappa shape index (κ2) is 9.31. The highest BCUT2D eigenvalue weighted by molar-refractivity contribution is 7.99. The lowest BCUT2D eigenvalue weighted by atomic mass is 9.92. The molecule has 2 aromatic heterocycles. The maximum atomic E-state index is 13.1. The first-order chi connectivity index (χ1) is 16.3. The van der Waals surface area contributed by atoms with Crippen molar-refractivity contribution in [3.63, 3.8) is 0 Å². The zero-order chi connectivity index (χ0) is 24.5. The van der Waals surface area contributed by atoms with E-state index in [1.54, 1.807) is 48.7 Å². The van der Waals surface area contributed by atoms with Gasteiger partial charge in [0.15, 0.2) is 5.16 Å². The second-order valence-corrected chi connectivity index (χ2v) is 9.34. The zero-order valence-electron chi connectivity index (χ0n) is 18.4. The van der Waals surface area contributed by atoms with E-state index in [0.717, 1.165) is 11.8 Å². The Labute approximate surface area is 202 Å². The van der Waals surface area contributed by atoms with Gasteiger partial charge in [0.25, 0.3) is 11.5 Å². The minimum atomic E-state index is -1.37. The molecule has 10 nitrogen and oxygen atoms in total. The number of hydrogen-bond donors (Lipinski definition) is 2. The highest BCUT2D eigenvalue weighted by atomic mass is 32.2. The molecule has 12 heteroatoms. The van der Waals surface area contributed by atoms with Crippen LogP contribution in [0.1, 0.15) is 12.5 Å². The van der Waals surface area contributed by atoms with Gasteiger partial charge < -0.3 is 10.1 Å². The Bertz CT molecular complexity index is 1370. The first kappa shape index (κ1) is 23.5. The summed E-state index contributed by atoms with van der Waals surface area (Å²) in [4.78, 5) is 55.4. The monoisotopic (exact) mass is 499 g/mol. The van der Waals surface area contributed by atoms with Gasteiger partial charge in [0.2, 0.25) is 5.91 Å². The number of nitrogens with one attached hydrogen (secondary N) is 2. The number of urea groups is 1. The molecule has 0 radical (unpaired) electrons. The van der Waals surface area contributed by atoms with Crippen molar-refractivity contribution in [3.05, 3.63) is 64.3 Å². The molecule has 0 saturated carbocycles. The van der Waals surface area contributed by atoms with Crippen LogP contribution >= 0.6 is 23.1 Å². The summed E-state index contributed by atoms with van der Waals surface area (Å²) >= 11 is 2.32. The van der Waals surface area contributed by atoms with Crippen molar-refractivity contribution in [2.75, 3.05) is 12.9 Å². The van der Waals surface area contributed by atoms with Crippen molar-refractivity contribution >= 4 is 51.2 Å². The van der Waals surface area contributed by atoms with Crippen LogP contribution in [0.25, 0.3) is 10.2 Å². The maximum absolute atomic E-state index is 13.1. The van der Waals surface area contributed by atoms with E-state index in [4.69, 9.17) is 4.74 Å². The average molecular weight is 500 g/mol. The number of ether oxygens (including phenoxy) is 1. The van der Waals surface area contributed by atoms with Crippen LogP contribution in [-0.4, -0.2) is 45.3 Å². The highest BCUT2D eigenvalue weighted by Crippen LogP contribution is 2.30. The molecule has 0 spiro atoms. The molecule has 176 valence electrons. The van der Waals surface area contributed by atoms with Gasteiger partial charge in [-0.2, -0.15) is 5.01 Å². The number of benzene rings is 1. The third kappa shape index (κ3) is 4.17. The van der Waals surface area contributed by atoms with Crippen molar-refractivity contribution in [2.24, 2.45) is 0 Å². The number of amides is 4. The van der Waals surface area contributed by atoms with Crippen molar-refractivity contribution in [3.8, 4) is 5.75 Å². The number of hydrogen-bond acceptors (Lipinski definition) is 8. The predicted molar refractivity (Wildman–Crippen MR) is 129 cm³/mol. The van der Waals surface area contributed by atoms with Crippen LogP contribution in [0.15, 0.2) is 58.3 Å². The summed E-state index contributed by atoms with van der Waals surface area (Å²) in [7, 11) is 1.50. The molecule has 4 amide bonds. The van der Waals surface area contributed by atoms with E-state index in [9.17, 15) is 19.2 Å². The molecule has 3 heterocycles. The normalized spacial score (nSPS) is 17.6. The van der Waals surface area contributed by atoms with E-state index in [0.29, 0.717) is 31.7 Å². The van der Waals surface area contributed by atoms with Gasteiger partial charge in [-0.05, 0) is 36.1 Å². The number of methoxy groups -OCH3 is 1. The molecular formula is C22H21N5O5S2. The van der Waals surface area contributed by atoms with Crippen molar-refractivity contribution in [1.29, 1.82) is 0 Å². The lowest BCUT2D eigenvalue weighted by Gasteiger charge is -2.22. The first-order valence-corrected chi connectivity index (χ1v) is 12.0. The number of thioether (sulfide) groups is 1. The summed E-state index contributed by atoms with van der Waals surface area (Å²) in [5, 5.41) is 5.39. The smallest absolute Gasteiger partial charge is 0.344 e. The lowest BCUT2D eigenvalue weighted by molar-refractivity contribution is -0.138. The summed E-state index contributed by atoms with van der Waals surface area (Å²) < 4.78 is 7.15. The molecule has 1 aromatic carbocycles. The summed E-state index contributed by atoms with van der Waals surface area (Å²) in [6.45, 7) is 5.45. The van der Waals surface area contributed by atoms with Gasteiger partial charge >= 0.3 is 6.03 Å². The SMILES string of the molecule is C=CCn1c(SCC(=O)NN2C(=O)N[C@](C)(c3cccc(OC)c3)C2=O)nc2ccsc2c1=O. The molecule has 1 aliphatic rings. The van der Waals surface area contributed by atoms with E-state index >= 15 is 0 Å². The number of thiophene rings is 1. The van der Waals surface area contributed by atoms with Crippen LogP contribution in [0.2, 0.25) is 0 Å². The minimum absolute atomic E-state index is 0.174. The number of carbonyl (C=O) groups excluding carboxylic acids is 3. The van der Waals surface area contributed by atoms with E-state index < -0.39 is 23.4 Å². The van der Waals surface area contributed by atoms with Gasteiger partial charge in [-0.1, -0.05) is 30.0 Å². The van der Waals surface area contributed by atoms with Crippen LogP contribution in [0.4, 0.5) is 4.79 Å². The Balaban J connectivity index is 1.49. The van der Waals surface area contributed by atoms with Gasteiger partial charge in [-0.25, -0.2) is 9.78 Å². The van der Waals surface area contributed by atoms with Gasteiger partial charge in [-0.15, -0.1) is 17.9 Å². The molecule has 34 heavy (non-hydrogen) atoms. The van der Waals surface area contributed by atoms with Crippen LogP contribution < -0.4 is 21.0 Å². The molecule has 4 rings (SSSR count). The number of carbonyl (C=O) groups is 3. The molecule has 1 fully saturated rings. The largest absolute Gasteiger partial charge is 0.497 e. The molecule has 1 atom stereocenters.